The number of rotatable bonds is 4. The molecule has 0 atom stereocenters. The number of anilines is 2. The summed E-state index contributed by atoms with van der Waals surface area (Å²) in [7, 11) is 0. The third-order valence-electron chi connectivity index (χ3n) is 9.39. The van der Waals surface area contributed by atoms with Gasteiger partial charge in [-0.05, 0) is 126 Å². The molecule has 0 saturated heterocycles. The molecular formula is C33H44N2. The second-order valence-electron chi connectivity index (χ2n) is 12.1. The maximum atomic E-state index is 2.59. The second kappa shape index (κ2) is 7.76. The van der Waals surface area contributed by atoms with Crippen molar-refractivity contribution < 1.29 is 0 Å². The molecule has 0 saturated carbocycles. The van der Waals surface area contributed by atoms with Crippen LogP contribution in [0, 0.1) is 0 Å². The Morgan fingerprint density at radius 3 is 1.26 bits per heavy atom. The molecule has 0 N–H and O–H groups in total. The van der Waals surface area contributed by atoms with E-state index in [1.165, 1.54) is 55.9 Å². The van der Waals surface area contributed by atoms with Crippen LogP contribution in [0.1, 0.15) is 104 Å². The molecule has 5 rings (SSSR count). The number of hydrogen-bond donors (Lipinski definition) is 0. The summed E-state index contributed by atoms with van der Waals surface area (Å²) in [6.07, 6.45) is 7.15. The summed E-state index contributed by atoms with van der Waals surface area (Å²) in [6.45, 7) is 25.4. The van der Waals surface area contributed by atoms with Crippen molar-refractivity contribution in [1.29, 1.82) is 0 Å². The minimum Gasteiger partial charge on any atom is -0.363 e. The fourth-order valence-corrected chi connectivity index (χ4v) is 7.80. The van der Waals surface area contributed by atoms with Gasteiger partial charge in [-0.15, -0.1) is 0 Å². The Labute approximate surface area is 213 Å². The number of nitrogens with zero attached hydrogens (tertiary/aromatic N) is 2. The summed E-state index contributed by atoms with van der Waals surface area (Å²) in [4.78, 5) is 5.18. The molecule has 0 fully saturated rings. The third kappa shape index (κ3) is 3.14. The molecule has 0 unspecified atom stereocenters. The van der Waals surface area contributed by atoms with Crippen LogP contribution >= 0.6 is 0 Å². The van der Waals surface area contributed by atoms with Crippen molar-refractivity contribution in [3.63, 3.8) is 0 Å². The van der Waals surface area contributed by atoms with E-state index in [4.69, 9.17) is 0 Å². The number of allylic oxidation sites excluding steroid dienone is 2. The van der Waals surface area contributed by atoms with Crippen LogP contribution in [-0.4, -0.2) is 24.2 Å². The van der Waals surface area contributed by atoms with Crippen molar-refractivity contribution in [2.45, 2.75) is 98.6 Å². The van der Waals surface area contributed by atoms with E-state index in [1.54, 1.807) is 0 Å². The fourth-order valence-electron chi connectivity index (χ4n) is 7.80. The number of fused-ring (bicyclic) bond motifs is 5. The summed E-state index contributed by atoms with van der Waals surface area (Å²) in [6, 6.07) is 10.2. The quantitative estimate of drug-likeness (QED) is 0.442. The Bertz CT molecular complexity index is 1170. The third-order valence-corrected chi connectivity index (χ3v) is 9.39. The van der Waals surface area contributed by atoms with Crippen molar-refractivity contribution in [3.8, 4) is 11.1 Å². The lowest BCUT2D eigenvalue weighted by molar-refractivity contribution is 0.488. The minimum absolute atomic E-state index is 0.0286. The lowest BCUT2D eigenvalue weighted by Crippen LogP contribution is -2.45. The van der Waals surface area contributed by atoms with Gasteiger partial charge < -0.3 is 9.80 Å². The normalized spacial score (nSPS) is 20.5. The molecule has 2 nitrogen and oxygen atoms in total. The Morgan fingerprint density at radius 2 is 0.943 bits per heavy atom. The first-order chi connectivity index (χ1) is 16.5. The molecule has 2 heteroatoms. The molecule has 186 valence electrons. The van der Waals surface area contributed by atoms with Crippen LogP contribution < -0.4 is 9.80 Å². The van der Waals surface area contributed by atoms with Gasteiger partial charge in [-0.2, -0.15) is 0 Å². The number of likely N-dealkylation sites (N-methyl/N-ethyl adjacent to an activating group) is 2. The molecule has 2 aromatic rings. The predicted octanol–water partition coefficient (Wildman–Crippen LogP) is 8.82. The van der Waals surface area contributed by atoms with Gasteiger partial charge in [0.15, 0.2) is 0 Å². The first-order valence-electron chi connectivity index (χ1n) is 13.8. The Balaban J connectivity index is 1.83. The van der Waals surface area contributed by atoms with E-state index in [0.29, 0.717) is 0 Å². The maximum absolute atomic E-state index is 2.59. The molecule has 1 aliphatic carbocycles. The van der Waals surface area contributed by atoms with Crippen LogP contribution in [0.5, 0.6) is 0 Å². The van der Waals surface area contributed by atoms with Gasteiger partial charge in [0.05, 0.1) is 11.1 Å². The fraction of sp³-hybridized carbons (Fsp3) is 0.515. The van der Waals surface area contributed by atoms with Crippen molar-refractivity contribution >= 4 is 22.5 Å². The van der Waals surface area contributed by atoms with Crippen LogP contribution in [0.15, 0.2) is 36.4 Å². The van der Waals surface area contributed by atoms with Gasteiger partial charge in [0, 0.05) is 41.0 Å². The first kappa shape index (κ1) is 24.2. The molecule has 2 aliphatic heterocycles. The molecule has 35 heavy (non-hydrogen) atoms. The van der Waals surface area contributed by atoms with E-state index >= 15 is 0 Å². The average Bonchev–Trinajstić information content (AvgIpc) is 3.05. The number of benzene rings is 2. The number of hydrogen-bond acceptors (Lipinski definition) is 2. The van der Waals surface area contributed by atoms with Gasteiger partial charge in [0.2, 0.25) is 0 Å². The molecule has 0 aromatic heterocycles. The first-order valence-corrected chi connectivity index (χ1v) is 13.8. The van der Waals surface area contributed by atoms with Gasteiger partial charge in [-0.25, -0.2) is 0 Å². The standard InChI is InChI=1S/C33H44N2/c1-11-33(12-2)27-17-29-23(21(5)19-31(7,8)34(29)13-3)15-25(27)26-16-24-22(6)20-32(9,10)35(14-4)30(24)18-28(26)33/h15-20H,11-14H2,1-10H3. The summed E-state index contributed by atoms with van der Waals surface area (Å²) >= 11 is 0. The summed E-state index contributed by atoms with van der Waals surface area (Å²) in [5.41, 5.74) is 14.5. The smallest absolute Gasteiger partial charge is 0.0534 e. The summed E-state index contributed by atoms with van der Waals surface area (Å²) in [5.74, 6) is 0. The Morgan fingerprint density at radius 1 is 0.571 bits per heavy atom. The van der Waals surface area contributed by atoms with Crippen LogP contribution in [0.25, 0.3) is 22.3 Å². The highest BCUT2D eigenvalue weighted by Crippen LogP contribution is 2.58. The molecule has 2 aromatic carbocycles. The lowest BCUT2D eigenvalue weighted by Gasteiger charge is -2.44. The van der Waals surface area contributed by atoms with E-state index in [0.717, 1.165) is 25.9 Å². The summed E-state index contributed by atoms with van der Waals surface area (Å²) < 4.78 is 0. The largest absolute Gasteiger partial charge is 0.363 e. The highest BCUT2D eigenvalue weighted by molar-refractivity contribution is 5.94. The van der Waals surface area contributed by atoms with Crippen LogP contribution in [0.4, 0.5) is 11.4 Å². The van der Waals surface area contributed by atoms with Crippen LogP contribution in [0.2, 0.25) is 0 Å². The monoisotopic (exact) mass is 468 g/mol. The van der Waals surface area contributed by atoms with Gasteiger partial charge in [0.1, 0.15) is 0 Å². The molecule has 3 aliphatic rings. The molecule has 0 bridgehead atoms. The lowest BCUT2D eigenvalue weighted by atomic mass is 9.72. The zero-order valence-corrected chi connectivity index (χ0v) is 23.7. The maximum Gasteiger partial charge on any atom is 0.0534 e. The molecule has 2 heterocycles. The van der Waals surface area contributed by atoms with Crippen LogP contribution in [-0.2, 0) is 5.41 Å². The van der Waals surface area contributed by atoms with Gasteiger partial charge in [-0.3, -0.25) is 0 Å². The predicted molar refractivity (Wildman–Crippen MR) is 155 cm³/mol. The van der Waals surface area contributed by atoms with E-state index in [2.05, 4.69) is 115 Å². The highest BCUT2D eigenvalue weighted by Gasteiger charge is 2.44. The molecule has 0 amide bonds. The van der Waals surface area contributed by atoms with Crippen molar-refractivity contribution in [2.75, 3.05) is 22.9 Å². The van der Waals surface area contributed by atoms with E-state index in [1.807, 2.05) is 0 Å². The van der Waals surface area contributed by atoms with E-state index in [-0.39, 0.29) is 16.5 Å². The Hall–Kier alpha value is -2.48. The average molecular weight is 469 g/mol. The minimum atomic E-state index is 0.0286. The van der Waals surface area contributed by atoms with Gasteiger partial charge >= 0.3 is 0 Å². The van der Waals surface area contributed by atoms with Crippen LogP contribution in [0.3, 0.4) is 0 Å². The van der Waals surface area contributed by atoms with Gasteiger partial charge in [0.25, 0.3) is 0 Å². The van der Waals surface area contributed by atoms with Crippen molar-refractivity contribution in [3.05, 3.63) is 58.7 Å². The van der Waals surface area contributed by atoms with E-state index in [9.17, 15) is 0 Å². The molecule has 0 spiro atoms. The van der Waals surface area contributed by atoms with Gasteiger partial charge in [-0.1, -0.05) is 26.0 Å². The summed E-state index contributed by atoms with van der Waals surface area (Å²) in [5, 5.41) is 0. The Kier molecular flexibility index (Phi) is 5.37. The molecular weight excluding hydrogens is 424 g/mol. The van der Waals surface area contributed by atoms with Crippen molar-refractivity contribution in [1.82, 2.24) is 0 Å². The second-order valence-corrected chi connectivity index (χ2v) is 12.1. The van der Waals surface area contributed by atoms with E-state index < -0.39 is 0 Å². The highest BCUT2D eigenvalue weighted by atomic mass is 15.2. The zero-order valence-electron chi connectivity index (χ0n) is 23.7. The van der Waals surface area contributed by atoms with Crippen molar-refractivity contribution in [2.24, 2.45) is 0 Å². The molecule has 0 radical (unpaired) electrons. The SMILES string of the molecule is CCN1c2cc3c(cc2C(C)=CC1(C)C)-c1cc2c(cc1C3(CC)CC)N(CC)C(C)(C)C=C2C. The zero-order chi connectivity index (χ0) is 25.5. The topological polar surface area (TPSA) is 6.48 Å².